The monoisotopic (exact) mass is 370 g/mol. The van der Waals surface area contributed by atoms with Gasteiger partial charge in [-0.05, 0) is 31.0 Å². The fourth-order valence-electron chi connectivity index (χ4n) is 3.01. The van der Waals surface area contributed by atoms with E-state index in [0.29, 0.717) is 10.2 Å². The summed E-state index contributed by atoms with van der Waals surface area (Å²) in [6.07, 6.45) is 1.80. The number of benzene rings is 1. The van der Waals surface area contributed by atoms with Gasteiger partial charge < -0.3 is 4.90 Å². The van der Waals surface area contributed by atoms with Gasteiger partial charge in [-0.3, -0.25) is 4.79 Å². The lowest BCUT2D eigenvalue weighted by Crippen LogP contribution is -2.37. The minimum atomic E-state index is -3.05. The number of thioether (sulfide) groups is 1. The number of amides is 1. The molecule has 0 aromatic heterocycles. The highest BCUT2D eigenvalue weighted by Gasteiger charge is 2.49. The van der Waals surface area contributed by atoms with Crippen molar-refractivity contribution in [2.24, 2.45) is 10.9 Å². The lowest BCUT2D eigenvalue weighted by molar-refractivity contribution is -0.118. The molecule has 1 aromatic rings. The number of sulfone groups is 1. The van der Waals surface area contributed by atoms with Gasteiger partial charge >= 0.3 is 0 Å². The molecule has 1 aromatic carbocycles. The van der Waals surface area contributed by atoms with Crippen LogP contribution in [-0.4, -0.2) is 42.3 Å². The van der Waals surface area contributed by atoms with Gasteiger partial charge in [-0.25, -0.2) is 8.42 Å². The molecule has 1 amide bonds. The van der Waals surface area contributed by atoms with E-state index >= 15 is 0 Å². The van der Waals surface area contributed by atoms with Gasteiger partial charge in [-0.15, -0.1) is 0 Å². The first kappa shape index (κ1) is 15.5. The summed E-state index contributed by atoms with van der Waals surface area (Å²) < 4.78 is 23.9. The number of carbonyl (C=O) groups is 1. The maximum Gasteiger partial charge on any atom is 0.251 e. The van der Waals surface area contributed by atoms with Crippen molar-refractivity contribution in [3.63, 3.8) is 0 Å². The van der Waals surface area contributed by atoms with Crippen LogP contribution in [0.15, 0.2) is 29.3 Å². The number of rotatable bonds is 2. The quantitative estimate of drug-likeness (QED) is 0.799. The molecule has 3 aliphatic rings. The Morgan fingerprint density at radius 1 is 1.30 bits per heavy atom. The largest absolute Gasteiger partial charge is 0.316 e. The Morgan fingerprint density at radius 3 is 2.78 bits per heavy atom. The van der Waals surface area contributed by atoms with Crippen molar-refractivity contribution in [2.45, 2.75) is 24.1 Å². The number of hydrogen-bond donors (Lipinski definition) is 0. The van der Waals surface area contributed by atoms with Gasteiger partial charge in [0.05, 0.1) is 17.5 Å². The van der Waals surface area contributed by atoms with E-state index in [1.165, 1.54) is 11.8 Å². The van der Waals surface area contributed by atoms with Crippen LogP contribution in [0.2, 0.25) is 5.02 Å². The highest BCUT2D eigenvalue weighted by Crippen LogP contribution is 2.42. The molecule has 2 heterocycles. The summed E-state index contributed by atoms with van der Waals surface area (Å²) in [7, 11) is -3.05. The molecule has 0 spiro atoms. The summed E-state index contributed by atoms with van der Waals surface area (Å²) in [5.74, 6) is 0.181. The molecule has 1 aliphatic carbocycles. The van der Waals surface area contributed by atoms with E-state index in [-0.39, 0.29) is 34.6 Å². The van der Waals surface area contributed by atoms with Crippen LogP contribution < -0.4 is 4.90 Å². The van der Waals surface area contributed by atoms with E-state index in [1.54, 1.807) is 12.1 Å². The predicted octanol–water partition coefficient (Wildman–Crippen LogP) is 2.35. The Kier molecular flexibility index (Phi) is 3.70. The Bertz CT molecular complexity index is 805. The van der Waals surface area contributed by atoms with E-state index in [1.807, 2.05) is 17.0 Å². The third-order valence-corrected chi connectivity index (χ3v) is 7.73. The average Bonchev–Trinajstić information content (AvgIpc) is 3.20. The molecule has 23 heavy (non-hydrogen) atoms. The van der Waals surface area contributed by atoms with Gasteiger partial charge in [0.1, 0.15) is 0 Å². The Labute approximate surface area is 144 Å². The van der Waals surface area contributed by atoms with Crippen LogP contribution in [0.1, 0.15) is 12.8 Å². The van der Waals surface area contributed by atoms with E-state index in [4.69, 9.17) is 11.6 Å². The lowest BCUT2D eigenvalue weighted by Gasteiger charge is -2.24. The molecule has 0 unspecified atom stereocenters. The molecule has 3 fully saturated rings. The van der Waals surface area contributed by atoms with Gasteiger partial charge in [0.2, 0.25) is 0 Å². The number of fused-ring (bicyclic) bond motifs is 1. The molecule has 4 rings (SSSR count). The Morgan fingerprint density at radius 2 is 2.09 bits per heavy atom. The molecule has 5 nitrogen and oxygen atoms in total. The van der Waals surface area contributed by atoms with E-state index in [9.17, 15) is 13.2 Å². The van der Waals surface area contributed by atoms with Crippen molar-refractivity contribution in [1.82, 2.24) is 0 Å². The summed E-state index contributed by atoms with van der Waals surface area (Å²) in [4.78, 5) is 18.2. The number of hydrogen-bond acceptors (Lipinski definition) is 4. The summed E-state index contributed by atoms with van der Waals surface area (Å²) in [5.41, 5.74) is 0.789. The van der Waals surface area contributed by atoms with Crippen LogP contribution in [0.25, 0.3) is 0 Å². The molecular formula is C15H15ClN2O3S2. The first-order valence-electron chi connectivity index (χ1n) is 7.47. The summed E-state index contributed by atoms with van der Waals surface area (Å²) >= 11 is 7.48. The minimum absolute atomic E-state index is 0.0495. The van der Waals surface area contributed by atoms with E-state index in [2.05, 4.69) is 4.99 Å². The van der Waals surface area contributed by atoms with Crippen molar-refractivity contribution in [2.75, 3.05) is 16.4 Å². The van der Waals surface area contributed by atoms with Crippen molar-refractivity contribution >= 4 is 50.0 Å². The van der Waals surface area contributed by atoms with Gasteiger partial charge in [0.15, 0.2) is 15.0 Å². The number of aliphatic imine (C=N–C) groups is 1. The average molecular weight is 371 g/mol. The zero-order valence-corrected chi connectivity index (χ0v) is 14.6. The first-order chi connectivity index (χ1) is 10.9. The van der Waals surface area contributed by atoms with Gasteiger partial charge in [0, 0.05) is 21.9 Å². The summed E-state index contributed by atoms with van der Waals surface area (Å²) in [6.45, 7) is 0. The molecule has 0 bridgehead atoms. The number of amidine groups is 1. The zero-order chi connectivity index (χ0) is 16.2. The van der Waals surface area contributed by atoms with Crippen molar-refractivity contribution in [3.8, 4) is 0 Å². The third kappa shape index (κ3) is 3.02. The van der Waals surface area contributed by atoms with E-state index < -0.39 is 9.84 Å². The standard InChI is InChI=1S/C15H15ClN2O3S2/c16-10-2-1-3-11(6-10)18-12-7-23(20,21)8-13(12)22-15(18)17-14(19)9-4-5-9/h1-3,6,9,12-13H,4-5,7-8H2/t12-,13+/m0/s1. The molecular weight excluding hydrogens is 356 g/mol. The smallest absolute Gasteiger partial charge is 0.251 e. The summed E-state index contributed by atoms with van der Waals surface area (Å²) in [6, 6.07) is 7.06. The number of halogens is 1. The molecule has 2 atom stereocenters. The maximum atomic E-state index is 12.1. The third-order valence-electron chi connectivity index (χ3n) is 4.29. The van der Waals surface area contributed by atoms with Gasteiger partial charge in [0.25, 0.3) is 5.91 Å². The fourth-order valence-corrected chi connectivity index (χ4v) is 7.11. The second-order valence-corrected chi connectivity index (χ2v) is 9.95. The Balaban J connectivity index is 1.73. The number of nitrogens with zero attached hydrogens (tertiary/aromatic N) is 2. The second kappa shape index (κ2) is 5.50. The highest BCUT2D eigenvalue weighted by molar-refractivity contribution is 8.16. The highest BCUT2D eigenvalue weighted by atomic mass is 35.5. The molecule has 0 radical (unpaired) electrons. The van der Waals surface area contributed by atoms with Crippen molar-refractivity contribution in [1.29, 1.82) is 0 Å². The molecule has 0 N–H and O–H groups in total. The van der Waals surface area contributed by atoms with Crippen LogP contribution in [0, 0.1) is 5.92 Å². The van der Waals surface area contributed by atoms with Crippen molar-refractivity contribution in [3.05, 3.63) is 29.3 Å². The first-order valence-corrected chi connectivity index (χ1v) is 10.6. The normalized spacial score (nSPS) is 30.7. The van der Waals surface area contributed by atoms with Gasteiger partial charge in [-0.2, -0.15) is 4.99 Å². The van der Waals surface area contributed by atoms with Crippen molar-refractivity contribution < 1.29 is 13.2 Å². The topological polar surface area (TPSA) is 66.8 Å². The van der Waals surface area contributed by atoms with Crippen LogP contribution in [-0.2, 0) is 14.6 Å². The number of anilines is 1. The maximum absolute atomic E-state index is 12.1. The SMILES string of the molecule is O=C(N=C1S[C@@H]2CS(=O)(=O)C[C@@H]2N1c1cccc(Cl)c1)C1CC1. The van der Waals surface area contributed by atoms with Crippen LogP contribution >= 0.6 is 23.4 Å². The van der Waals surface area contributed by atoms with Crippen LogP contribution in [0.5, 0.6) is 0 Å². The van der Waals surface area contributed by atoms with E-state index in [0.717, 1.165) is 18.5 Å². The fraction of sp³-hybridized carbons (Fsp3) is 0.467. The van der Waals surface area contributed by atoms with Crippen LogP contribution in [0.4, 0.5) is 5.69 Å². The zero-order valence-electron chi connectivity index (χ0n) is 12.2. The second-order valence-electron chi connectivity index (χ2n) is 6.16. The lowest BCUT2D eigenvalue weighted by atomic mass is 10.2. The minimum Gasteiger partial charge on any atom is -0.316 e. The van der Waals surface area contributed by atoms with Crippen LogP contribution in [0.3, 0.4) is 0 Å². The predicted molar refractivity (Wildman–Crippen MR) is 92.9 cm³/mol. The molecule has 122 valence electrons. The Hall–Kier alpha value is -1.05. The molecule has 1 saturated carbocycles. The number of carbonyl (C=O) groups excluding carboxylic acids is 1. The molecule has 2 aliphatic heterocycles. The molecule has 8 heteroatoms. The summed E-state index contributed by atoms with van der Waals surface area (Å²) in [5, 5.41) is 1.10. The molecule has 2 saturated heterocycles. The van der Waals surface area contributed by atoms with Gasteiger partial charge in [-0.1, -0.05) is 29.4 Å².